The second-order valence-corrected chi connectivity index (χ2v) is 5.10. The maximum absolute atomic E-state index is 12.0. The van der Waals surface area contributed by atoms with Crippen LogP contribution in [0.5, 0.6) is 0 Å². The van der Waals surface area contributed by atoms with Crippen molar-refractivity contribution in [1.82, 2.24) is 9.78 Å². The largest absolute Gasteiger partial charge is 0.294 e. The van der Waals surface area contributed by atoms with Crippen LogP contribution in [-0.2, 0) is 11.5 Å². The molecule has 0 fully saturated rings. The smallest absolute Gasteiger partial charge is 0.275 e. The lowest BCUT2D eigenvalue weighted by molar-refractivity contribution is 0.832. The third kappa shape index (κ3) is 1.49. The zero-order valence-corrected chi connectivity index (χ0v) is 9.94. The predicted octanol–water partition coefficient (Wildman–Crippen LogP) is 2.57. The van der Waals surface area contributed by atoms with Gasteiger partial charge in [0.05, 0.1) is 16.9 Å². The summed E-state index contributed by atoms with van der Waals surface area (Å²) in [5.74, 6) is 1.69. The molecule has 16 heavy (non-hydrogen) atoms. The van der Waals surface area contributed by atoms with Gasteiger partial charge in [0, 0.05) is 16.5 Å². The number of aromatic nitrogens is 2. The predicted molar refractivity (Wildman–Crippen MR) is 66.4 cm³/mol. The van der Waals surface area contributed by atoms with E-state index in [0.29, 0.717) is 5.02 Å². The van der Waals surface area contributed by atoms with E-state index in [1.807, 2.05) is 12.1 Å². The maximum atomic E-state index is 12.0. The number of rotatable bonds is 1. The number of H-pyrrole nitrogens is 1. The summed E-state index contributed by atoms with van der Waals surface area (Å²) < 4.78 is 1.57. The summed E-state index contributed by atoms with van der Waals surface area (Å²) in [7, 11) is 0. The van der Waals surface area contributed by atoms with E-state index in [2.05, 4.69) is 5.10 Å². The molecule has 5 heteroatoms. The fourth-order valence-corrected chi connectivity index (χ4v) is 3.07. The topological polar surface area (TPSA) is 37.8 Å². The minimum absolute atomic E-state index is 0.0438. The van der Waals surface area contributed by atoms with Gasteiger partial charge in [-0.15, -0.1) is 0 Å². The van der Waals surface area contributed by atoms with Crippen LogP contribution in [-0.4, -0.2) is 9.78 Å². The van der Waals surface area contributed by atoms with Crippen LogP contribution in [0.15, 0.2) is 29.1 Å². The lowest BCUT2D eigenvalue weighted by Gasteiger charge is -2.02. The molecule has 2 heterocycles. The molecular formula is C11H9ClN2OS. The monoisotopic (exact) mass is 252 g/mol. The lowest BCUT2D eigenvalue weighted by Crippen LogP contribution is -2.16. The van der Waals surface area contributed by atoms with Gasteiger partial charge in [0.25, 0.3) is 5.56 Å². The van der Waals surface area contributed by atoms with Gasteiger partial charge < -0.3 is 0 Å². The van der Waals surface area contributed by atoms with Crippen molar-refractivity contribution < 1.29 is 0 Å². The van der Waals surface area contributed by atoms with Crippen LogP contribution >= 0.6 is 23.4 Å². The molecule has 0 unspecified atom stereocenters. The number of hydrogen-bond donors (Lipinski definition) is 1. The van der Waals surface area contributed by atoms with Crippen LogP contribution < -0.4 is 5.56 Å². The Labute approximate surface area is 101 Å². The first-order valence-corrected chi connectivity index (χ1v) is 6.45. The van der Waals surface area contributed by atoms with Gasteiger partial charge in [0.15, 0.2) is 0 Å². The molecule has 1 aromatic heterocycles. The molecular weight excluding hydrogens is 244 g/mol. The lowest BCUT2D eigenvalue weighted by atomic mass is 10.3. The van der Waals surface area contributed by atoms with Crippen molar-refractivity contribution in [2.45, 2.75) is 11.5 Å². The van der Waals surface area contributed by atoms with E-state index in [1.165, 1.54) is 0 Å². The average Bonchev–Trinajstić information content (AvgIpc) is 2.82. The fraction of sp³-hybridized carbons (Fsp3) is 0.182. The van der Waals surface area contributed by atoms with Crippen molar-refractivity contribution in [2.75, 3.05) is 0 Å². The Balaban J connectivity index is 2.18. The molecule has 0 saturated heterocycles. The normalized spacial score (nSPS) is 14.1. The summed E-state index contributed by atoms with van der Waals surface area (Å²) in [4.78, 5) is 12.0. The van der Waals surface area contributed by atoms with E-state index in [-0.39, 0.29) is 5.56 Å². The first-order valence-electron chi connectivity index (χ1n) is 4.92. The number of halogens is 1. The number of hydrogen-bond acceptors (Lipinski definition) is 2. The van der Waals surface area contributed by atoms with Crippen LogP contribution in [0.4, 0.5) is 0 Å². The molecule has 1 aromatic carbocycles. The van der Waals surface area contributed by atoms with Gasteiger partial charge in [-0.2, -0.15) is 11.8 Å². The Morgan fingerprint density at radius 1 is 1.38 bits per heavy atom. The van der Waals surface area contributed by atoms with Gasteiger partial charge in [0.2, 0.25) is 0 Å². The van der Waals surface area contributed by atoms with E-state index in [4.69, 9.17) is 11.6 Å². The Morgan fingerprint density at radius 3 is 3.00 bits per heavy atom. The first kappa shape index (κ1) is 10.1. The fourth-order valence-electron chi connectivity index (χ4n) is 1.84. The van der Waals surface area contributed by atoms with Crippen molar-refractivity contribution >= 4 is 23.4 Å². The molecule has 2 aromatic rings. The number of thioether (sulfide) groups is 1. The van der Waals surface area contributed by atoms with E-state index in [9.17, 15) is 4.79 Å². The molecule has 0 spiro atoms. The minimum atomic E-state index is 0.0438. The van der Waals surface area contributed by atoms with E-state index >= 15 is 0 Å². The van der Waals surface area contributed by atoms with Gasteiger partial charge in [-0.3, -0.25) is 9.89 Å². The van der Waals surface area contributed by atoms with Gasteiger partial charge >= 0.3 is 0 Å². The molecule has 0 atom stereocenters. The number of aromatic amines is 1. The van der Waals surface area contributed by atoms with Gasteiger partial charge in [0.1, 0.15) is 0 Å². The summed E-state index contributed by atoms with van der Waals surface area (Å²) >= 11 is 7.67. The third-order valence-corrected chi connectivity index (χ3v) is 3.85. The molecule has 0 amide bonds. The summed E-state index contributed by atoms with van der Waals surface area (Å²) in [6.07, 6.45) is 0. The minimum Gasteiger partial charge on any atom is -0.294 e. The third-order valence-electron chi connectivity index (χ3n) is 2.63. The number of benzene rings is 1. The number of nitrogens with one attached hydrogen (secondary N) is 1. The standard InChI is InChI=1S/C11H9ClN2OS/c12-7-2-1-3-8(4-7)14-11(15)9-5-16-6-10(9)13-14/h1-4,13H,5-6H2. The van der Waals surface area contributed by atoms with E-state index in [0.717, 1.165) is 28.5 Å². The summed E-state index contributed by atoms with van der Waals surface area (Å²) in [6, 6.07) is 7.28. The van der Waals surface area contributed by atoms with Crippen molar-refractivity contribution in [3.05, 3.63) is 50.9 Å². The number of fused-ring (bicyclic) bond motifs is 1. The highest BCUT2D eigenvalue weighted by atomic mass is 35.5. The molecule has 0 saturated carbocycles. The summed E-state index contributed by atoms with van der Waals surface area (Å²) in [5, 5.41) is 3.76. The molecule has 3 nitrogen and oxygen atoms in total. The van der Waals surface area contributed by atoms with Gasteiger partial charge in [-0.1, -0.05) is 17.7 Å². The van der Waals surface area contributed by atoms with E-state index < -0.39 is 0 Å². The second-order valence-electron chi connectivity index (χ2n) is 3.68. The van der Waals surface area contributed by atoms with Crippen LogP contribution in [0.3, 0.4) is 0 Å². The maximum Gasteiger partial charge on any atom is 0.275 e. The van der Waals surface area contributed by atoms with Crippen molar-refractivity contribution in [1.29, 1.82) is 0 Å². The summed E-state index contributed by atoms with van der Waals surface area (Å²) in [6.45, 7) is 0. The van der Waals surface area contributed by atoms with Crippen LogP contribution in [0, 0.1) is 0 Å². The summed E-state index contributed by atoms with van der Waals surface area (Å²) in [5.41, 5.74) is 2.76. The Morgan fingerprint density at radius 2 is 2.25 bits per heavy atom. The van der Waals surface area contributed by atoms with Crippen molar-refractivity contribution in [2.24, 2.45) is 0 Å². The molecule has 82 valence electrons. The van der Waals surface area contributed by atoms with Crippen LogP contribution in [0.1, 0.15) is 11.3 Å². The SMILES string of the molecule is O=c1c2c([nH]n1-c1cccc(Cl)c1)CSC2. The van der Waals surface area contributed by atoms with Crippen molar-refractivity contribution in [3.63, 3.8) is 0 Å². The van der Waals surface area contributed by atoms with E-state index in [1.54, 1.807) is 28.6 Å². The quantitative estimate of drug-likeness (QED) is 0.847. The average molecular weight is 253 g/mol. The molecule has 0 bridgehead atoms. The van der Waals surface area contributed by atoms with Gasteiger partial charge in [-0.05, 0) is 18.2 Å². The zero-order valence-electron chi connectivity index (χ0n) is 8.37. The Bertz CT molecular complexity index is 602. The van der Waals surface area contributed by atoms with Crippen LogP contribution in [0.25, 0.3) is 5.69 Å². The van der Waals surface area contributed by atoms with Gasteiger partial charge in [-0.25, -0.2) is 4.68 Å². The molecule has 0 aliphatic carbocycles. The number of nitrogens with zero attached hydrogens (tertiary/aromatic N) is 1. The highest BCUT2D eigenvalue weighted by Gasteiger charge is 2.20. The molecule has 3 rings (SSSR count). The second kappa shape index (κ2) is 3.71. The Kier molecular flexibility index (Phi) is 2.33. The zero-order chi connectivity index (χ0) is 11.1. The van der Waals surface area contributed by atoms with Crippen LogP contribution in [0.2, 0.25) is 5.02 Å². The highest BCUT2D eigenvalue weighted by molar-refractivity contribution is 7.98. The Hall–Kier alpha value is -1.13. The molecule has 1 aliphatic heterocycles. The molecule has 1 N–H and O–H groups in total. The molecule has 1 aliphatic rings. The highest BCUT2D eigenvalue weighted by Crippen LogP contribution is 2.26. The van der Waals surface area contributed by atoms with Crippen molar-refractivity contribution in [3.8, 4) is 5.69 Å². The first-order chi connectivity index (χ1) is 7.75. The molecule has 0 radical (unpaired) electrons.